The fraction of sp³-hybridized carbons (Fsp3) is 0.375. The smallest absolute Gasteiger partial charge is 0.252 e. The highest BCUT2D eigenvalue weighted by Gasteiger charge is 2.29. The highest BCUT2D eigenvalue weighted by Crippen LogP contribution is 2.33. The third-order valence-corrected chi connectivity index (χ3v) is 5.42. The van der Waals surface area contributed by atoms with Gasteiger partial charge in [-0.05, 0) is 37.8 Å². The number of benzene rings is 1. The summed E-state index contributed by atoms with van der Waals surface area (Å²) in [6.07, 6.45) is 2.48. The number of thioether (sulfide) groups is 1. The van der Waals surface area contributed by atoms with Crippen molar-refractivity contribution in [1.29, 1.82) is 0 Å². The van der Waals surface area contributed by atoms with Gasteiger partial charge in [-0.25, -0.2) is 4.98 Å². The maximum absolute atomic E-state index is 12.4. The molecule has 0 radical (unpaired) electrons. The lowest BCUT2D eigenvalue weighted by Gasteiger charge is -2.14. The van der Waals surface area contributed by atoms with Crippen LogP contribution < -0.4 is 5.32 Å². The Morgan fingerprint density at radius 3 is 3.00 bits per heavy atom. The standard InChI is InChI=1S/C16H18N2OS2/c1-11(12-6-7-12)18-16(19)14-4-2-3-5-15(14)21-9-13-8-20-10-17-13/h2-5,8,10-12H,6-7,9H2,1H3,(H,18,19). The lowest BCUT2D eigenvalue weighted by Crippen LogP contribution is -2.34. The van der Waals surface area contributed by atoms with Crippen LogP contribution in [0.5, 0.6) is 0 Å². The Labute approximate surface area is 133 Å². The van der Waals surface area contributed by atoms with Crippen LogP contribution in [-0.4, -0.2) is 16.9 Å². The molecule has 3 nitrogen and oxygen atoms in total. The predicted octanol–water partition coefficient (Wildman–Crippen LogP) is 3.96. The van der Waals surface area contributed by atoms with Gasteiger partial charge in [0.05, 0.1) is 16.8 Å². The van der Waals surface area contributed by atoms with E-state index in [0.29, 0.717) is 5.92 Å². The summed E-state index contributed by atoms with van der Waals surface area (Å²) in [7, 11) is 0. The quantitative estimate of drug-likeness (QED) is 0.820. The SMILES string of the molecule is CC(NC(=O)c1ccccc1SCc1cscn1)C1CC1. The molecule has 0 aliphatic heterocycles. The van der Waals surface area contributed by atoms with E-state index < -0.39 is 0 Å². The Balaban J connectivity index is 1.67. The molecule has 1 fully saturated rings. The Bertz CT molecular complexity index is 608. The number of carbonyl (C=O) groups is 1. The molecule has 1 aliphatic carbocycles. The van der Waals surface area contributed by atoms with Crippen molar-refractivity contribution >= 4 is 29.0 Å². The van der Waals surface area contributed by atoms with Gasteiger partial charge in [0.1, 0.15) is 0 Å². The first kappa shape index (κ1) is 14.6. The number of aromatic nitrogens is 1. The number of thiazole rings is 1. The third kappa shape index (κ3) is 3.86. The fourth-order valence-electron chi connectivity index (χ4n) is 2.24. The molecule has 2 aromatic rings. The monoisotopic (exact) mass is 318 g/mol. The van der Waals surface area contributed by atoms with Crippen molar-refractivity contribution in [1.82, 2.24) is 10.3 Å². The molecule has 0 spiro atoms. The van der Waals surface area contributed by atoms with Gasteiger partial charge in [-0.1, -0.05) is 12.1 Å². The summed E-state index contributed by atoms with van der Waals surface area (Å²) in [5.74, 6) is 1.51. The molecule has 1 aromatic carbocycles. The van der Waals surface area contributed by atoms with Gasteiger partial charge in [0, 0.05) is 22.1 Å². The van der Waals surface area contributed by atoms with Gasteiger partial charge in [0.15, 0.2) is 0 Å². The predicted molar refractivity (Wildman–Crippen MR) is 87.8 cm³/mol. The van der Waals surface area contributed by atoms with Crippen molar-refractivity contribution in [2.45, 2.75) is 36.5 Å². The molecule has 1 unspecified atom stereocenters. The summed E-state index contributed by atoms with van der Waals surface area (Å²) in [6, 6.07) is 8.08. The second kappa shape index (κ2) is 6.62. The van der Waals surface area contributed by atoms with Crippen molar-refractivity contribution in [3.8, 4) is 0 Å². The summed E-state index contributed by atoms with van der Waals surface area (Å²) in [6.45, 7) is 2.10. The molecule has 1 saturated carbocycles. The molecule has 21 heavy (non-hydrogen) atoms. The number of hydrogen-bond acceptors (Lipinski definition) is 4. The minimum absolute atomic E-state index is 0.0378. The molecule has 1 aromatic heterocycles. The number of nitrogens with zero attached hydrogens (tertiary/aromatic N) is 1. The average molecular weight is 318 g/mol. The van der Waals surface area contributed by atoms with E-state index in [1.54, 1.807) is 23.1 Å². The Morgan fingerprint density at radius 1 is 1.48 bits per heavy atom. The van der Waals surface area contributed by atoms with E-state index in [1.807, 2.05) is 35.2 Å². The van der Waals surface area contributed by atoms with E-state index in [4.69, 9.17) is 0 Å². The van der Waals surface area contributed by atoms with Gasteiger partial charge in [-0.2, -0.15) is 0 Å². The lowest BCUT2D eigenvalue weighted by molar-refractivity contribution is 0.0933. The molecule has 0 saturated heterocycles. The van der Waals surface area contributed by atoms with E-state index in [9.17, 15) is 4.79 Å². The zero-order valence-corrected chi connectivity index (χ0v) is 13.5. The fourth-order valence-corrected chi connectivity index (χ4v) is 3.86. The summed E-state index contributed by atoms with van der Waals surface area (Å²) >= 11 is 3.27. The van der Waals surface area contributed by atoms with Crippen LogP contribution >= 0.6 is 23.1 Å². The molecule has 5 heteroatoms. The van der Waals surface area contributed by atoms with E-state index in [2.05, 4.69) is 17.2 Å². The van der Waals surface area contributed by atoms with Gasteiger partial charge in [-0.3, -0.25) is 4.79 Å². The minimum atomic E-state index is 0.0378. The normalized spacial score (nSPS) is 15.7. The Morgan fingerprint density at radius 2 is 2.29 bits per heavy atom. The number of amides is 1. The van der Waals surface area contributed by atoms with Crippen molar-refractivity contribution in [3.05, 3.63) is 46.4 Å². The molecule has 1 heterocycles. The van der Waals surface area contributed by atoms with Crippen LogP contribution in [0.1, 0.15) is 35.8 Å². The number of nitrogens with one attached hydrogen (secondary N) is 1. The number of hydrogen-bond donors (Lipinski definition) is 1. The molecule has 1 aliphatic rings. The van der Waals surface area contributed by atoms with E-state index in [0.717, 1.165) is 21.9 Å². The van der Waals surface area contributed by atoms with Crippen LogP contribution in [0, 0.1) is 5.92 Å². The van der Waals surface area contributed by atoms with Crippen LogP contribution in [0.3, 0.4) is 0 Å². The van der Waals surface area contributed by atoms with E-state index in [1.165, 1.54) is 12.8 Å². The minimum Gasteiger partial charge on any atom is -0.349 e. The average Bonchev–Trinajstić information content (AvgIpc) is 3.22. The molecular weight excluding hydrogens is 300 g/mol. The van der Waals surface area contributed by atoms with Crippen LogP contribution in [0.15, 0.2) is 40.1 Å². The van der Waals surface area contributed by atoms with Gasteiger partial charge in [0.2, 0.25) is 0 Å². The molecule has 1 atom stereocenters. The van der Waals surface area contributed by atoms with Gasteiger partial charge in [0.25, 0.3) is 5.91 Å². The van der Waals surface area contributed by atoms with Crippen LogP contribution in [0.25, 0.3) is 0 Å². The maximum Gasteiger partial charge on any atom is 0.252 e. The van der Waals surface area contributed by atoms with Gasteiger partial charge >= 0.3 is 0 Å². The number of rotatable bonds is 6. The first-order chi connectivity index (χ1) is 10.2. The van der Waals surface area contributed by atoms with Gasteiger partial charge in [-0.15, -0.1) is 23.1 Å². The first-order valence-corrected chi connectivity index (χ1v) is 9.06. The number of carbonyl (C=O) groups excluding carboxylic acids is 1. The third-order valence-electron chi connectivity index (χ3n) is 3.68. The lowest BCUT2D eigenvalue weighted by atomic mass is 10.1. The molecular formula is C16H18N2OS2. The maximum atomic E-state index is 12.4. The van der Waals surface area contributed by atoms with Crippen molar-refractivity contribution in [2.75, 3.05) is 0 Å². The second-order valence-corrected chi connectivity index (χ2v) is 7.10. The zero-order chi connectivity index (χ0) is 14.7. The Hall–Kier alpha value is -1.33. The summed E-state index contributed by atoms with van der Waals surface area (Å²) < 4.78 is 0. The van der Waals surface area contributed by atoms with Crippen molar-refractivity contribution in [2.24, 2.45) is 5.92 Å². The topological polar surface area (TPSA) is 42.0 Å². The first-order valence-electron chi connectivity index (χ1n) is 7.14. The summed E-state index contributed by atoms with van der Waals surface area (Å²) in [4.78, 5) is 17.7. The van der Waals surface area contributed by atoms with Crippen molar-refractivity contribution in [3.63, 3.8) is 0 Å². The molecule has 3 rings (SSSR count). The van der Waals surface area contributed by atoms with E-state index >= 15 is 0 Å². The van der Waals surface area contributed by atoms with Crippen LogP contribution in [0.2, 0.25) is 0 Å². The summed E-state index contributed by atoms with van der Waals surface area (Å²) in [5, 5.41) is 5.17. The summed E-state index contributed by atoms with van der Waals surface area (Å²) in [5.41, 5.74) is 3.67. The van der Waals surface area contributed by atoms with Crippen LogP contribution in [0.4, 0.5) is 0 Å². The Kier molecular flexibility index (Phi) is 4.60. The van der Waals surface area contributed by atoms with Crippen molar-refractivity contribution < 1.29 is 4.79 Å². The van der Waals surface area contributed by atoms with Gasteiger partial charge < -0.3 is 5.32 Å². The molecule has 1 N–H and O–H groups in total. The molecule has 110 valence electrons. The second-order valence-electron chi connectivity index (χ2n) is 5.36. The molecule has 0 bridgehead atoms. The largest absolute Gasteiger partial charge is 0.349 e. The highest BCUT2D eigenvalue weighted by atomic mass is 32.2. The molecule has 1 amide bonds. The zero-order valence-electron chi connectivity index (χ0n) is 11.9. The van der Waals surface area contributed by atoms with E-state index in [-0.39, 0.29) is 11.9 Å². The highest BCUT2D eigenvalue weighted by molar-refractivity contribution is 7.98. The van der Waals surface area contributed by atoms with Crippen LogP contribution in [-0.2, 0) is 5.75 Å².